The van der Waals surface area contributed by atoms with Crippen molar-refractivity contribution in [3.05, 3.63) is 52.5 Å². The third-order valence-electron chi connectivity index (χ3n) is 2.19. The molecule has 0 fully saturated rings. The molecule has 0 radical (unpaired) electrons. The van der Waals surface area contributed by atoms with Crippen LogP contribution in [0.3, 0.4) is 0 Å². The molecule has 2 rings (SSSR count). The molecule has 0 aromatic heterocycles. The second-order valence-electron chi connectivity index (χ2n) is 3.26. The van der Waals surface area contributed by atoms with Gasteiger partial charge in [-0.25, -0.2) is 8.78 Å². The molecule has 1 nitrogen and oxygen atoms in total. The average molecular weight is 285 g/mol. The highest BCUT2D eigenvalue weighted by Crippen LogP contribution is 2.34. The van der Waals surface area contributed by atoms with Gasteiger partial charge < -0.3 is 5.11 Å². The average Bonchev–Trinajstić information content (AvgIpc) is 2.23. The van der Waals surface area contributed by atoms with Crippen molar-refractivity contribution in [2.75, 3.05) is 0 Å². The lowest BCUT2D eigenvalue weighted by atomic mass is 10.0. The highest BCUT2D eigenvalue weighted by atomic mass is 79.9. The molecule has 0 atom stereocenters. The second kappa shape index (κ2) is 4.22. The molecule has 0 spiro atoms. The molecule has 0 aliphatic carbocycles. The van der Waals surface area contributed by atoms with Gasteiger partial charge in [-0.2, -0.15) is 0 Å². The summed E-state index contributed by atoms with van der Waals surface area (Å²) in [6.45, 7) is 0. The number of phenolic OH excluding ortho intramolecular Hbond substituents is 1. The van der Waals surface area contributed by atoms with Crippen LogP contribution in [0, 0.1) is 11.6 Å². The predicted octanol–water partition coefficient (Wildman–Crippen LogP) is 4.10. The van der Waals surface area contributed by atoms with Crippen molar-refractivity contribution >= 4 is 15.9 Å². The molecule has 2 aromatic rings. The lowest BCUT2D eigenvalue weighted by Gasteiger charge is -2.07. The van der Waals surface area contributed by atoms with Gasteiger partial charge in [0.2, 0.25) is 0 Å². The van der Waals surface area contributed by atoms with Gasteiger partial charge in [-0.3, -0.25) is 0 Å². The molecule has 2 aromatic carbocycles. The summed E-state index contributed by atoms with van der Waals surface area (Å²) < 4.78 is 27.6. The van der Waals surface area contributed by atoms with Crippen LogP contribution in [0.2, 0.25) is 0 Å². The number of halogens is 3. The minimum absolute atomic E-state index is 0.0324. The Morgan fingerprint density at radius 1 is 1.00 bits per heavy atom. The first-order chi connectivity index (χ1) is 7.59. The summed E-state index contributed by atoms with van der Waals surface area (Å²) in [4.78, 5) is 0. The fraction of sp³-hybridized carbons (Fsp3) is 0. The smallest absolute Gasteiger partial charge is 0.134 e. The molecule has 4 heteroatoms. The fourth-order valence-electron chi connectivity index (χ4n) is 1.47. The molecule has 0 aliphatic rings. The Hall–Kier alpha value is -1.42. The van der Waals surface area contributed by atoms with E-state index in [1.54, 1.807) is 0 Å². The van der Waals surface area contributed by atoms with Crippen molar-refractivity contribution in [2.24, 2.45) is 0 Å². The first-order valence-electron chi connectivity index (χ1n) is 4.52. The molecule has 0 saturated heterocycles. The van der Waals surface area contributed by atoms with E-state index in [1.807, 2.05) is 0 Å². The van der Waals surface area contributed by atoms with E-state index in [0.717, 1.165) is 0 Å². The van der Waals surface area contributed by atoms with Gasteiger partial charge >= 0.3 is 0 Å². The molecule has 0 saturated carbocycles. The van der Waals surface area contributed by atoms with Crippen molar-refractivity contribution in [2.45, 2.75) is 0 Å². The topological polar surface area (TPSA) is 20.2 Å². The first-order valence-corrected chi connectivity index (χ1v) is 5.32. The largest absolute Gasteiger partial charge is 0.507 e. The van der Waals surface area contributed by atoms with Gasteiger partial charge in [0.25, 0.3) is 0 Å². The maximum absolute atomic E-state index is 13.5. The lowest BCUT2D eigenvalue weighted by molar-refractivity contribution is 0.471. The van der Waals surface area contributed by atoms with E-state index in [1.165, 1.54) is 36.4 Å². The third kappa shape index (κ3) is 1.93. The Bertz CT molecular complexity index is 520. The summed E-state index contributed by atoms with van der Waals surface area (Å²) >= 11 is 3.17. The van der Waals surface area contributed by atoms with Crippen LogP contribution in [0.1, 0.15) is 0 Å². The van der Waals surface area contributed by atoms with Crippen LogP contribution in [-0.4, -0.2) is 5.11 Å². The van der Waals surface area contributed by atoms with E-state index in [9.17, 15) is 13.9 Å². The molecule has 82 valence electrons. The van der Waals surface area contributed by atoms with Gasteiger partial charge in [-0.15, -0.1) is 0 Å². The maximum atomic E-state index is 13.5. The molecule has 0 heterocycles. The Balaban J connectivity index is 2.72. The molecule has 0 aliphatic heterocycles. The minimum Gasteiger partial charge on any atom is -0.507 e. The molecule has 0 amide bonds. The lowest BCUT2D eigenvalue weighted by Crippen LogP contribution is -1.89. The van der Waals surface area contributed by atoms with E-state index in [0.29, 0.717) is 4.47 Å². The summed E-state index contributed by atoms with van der Waals surface area (Å²) in [5.74, 6) is -1.52. The van der Waals surface area contributed by atoms with E-state index >= 15 is 0 Å². The number of benzene rings is 2. The van der Waals surface area contributed by atoms with E-state index < -0.39 is 11.6 Å². The van der Waals surface area contributed by atoms with Crippen molar-refractivity contribution in [3.8, 4) is 16.9 Å². The van der Waals surface area contributed by atoms with Gasteiger partial charge in [-0.05, 0) is 30.3 Å². The Kier molecular flexibility index (Phi) is 2.92. The van der Waals surface area contributed by atoms with Crippen LogP contribution in [0.25, 0.3) is 11.1 Å². The molecule has 0 bridgehead atoms. The highest BCUT2D eigenvalue weighted by Gasteiger charge is 2.14. The van der Waals surface area contributed by atoms with Gasteiger partial charge in [0.05, 0.1) is 5.56 Å². The van der Waals surface area contributed by atoms with E-state index in [-0.39, 0.29) is 16.9 Å². The Morgan fingerprint density at radius 3 is 2.44 bits per heavy atom. The zero-order valence-electron chi connectivity index (χ0n) is 8.05. The normalized spacial score (nSPS) is 10.4. The van der Waals surface area contributed by atoms with E-state index in [4.69, 9.17) is 0 Å². The monoisotopic (exact) mass is 284 g/mol. The quantitative estimate of drug-likeness (QED) is 0.836. The molecule has 0 unspecified atom stereocenters. The number of phenols is 1. The van der Waals surface area contributed by atoms with Crippen molar-refractivity contribution in [1.82, 2.24) is 0 Å². The fourth-order valence-corrected chi connectivity index (χ4v) is 1.83. The highest BCUT2D eigenvalue weighted by molar-refractivity contribution is 9.10. The van der Waals surface area contributed by atoms with Crippen LogP contribution in [0.15, 0.2) is 40.9 Å². The Labute approximate surface area is 99.5 Å². The summed E-state index contributed by atoms with van der Waals surface area (Å²) in [7, 11) is 0. The van der Waals surface area contributed by atoms with Crippen LogP contribution in [0.4, 0.5) is 8.78 Å². The first kappa shape index (κ1) is 11.1. The van der Waals surface area contributed by atoms with Gasteiger partial charge in [0.15, 0.2) is 0 Å². The summed E-state index contributed by atoms with van der Waals surface area (Å²) in [5, 5.41) is 9.54. The molecular weight excluding hydrogens is 278 g/mol. The molecule has 1 N–H and O–H groups in total. The van der Waals surface area contributed by atoms with Crippen LogP contribution in [-0.2, 0) is 0 Å². The SMILES string of the molecule is Oc1cccc(F)c1-c1cc(Br)ccc1F. The van der Waals surface area contributed by atoms with Crippen LogP contribution in [0.5, 0.6) is 5.75 Å². The zero-order chi connectivity index (χ0) is 11.7. The van der Waals surface area contributed by atoms with Gasteiger partial charge in [0.1, 0.15) is 17.4 Å². The second-order valence-corrected chi connectivity index (χ2v) is 4.17. The number of hydrogen-bond acceptors (Lipinski definition) is 1. The molecule has 16 heavy (non-hydrogen) atoms. The standard InChI is InChI=1S/C12H7BrF2O/c13-7-4-5-9(14)8(6-7)12-10(15)2-1-3-11(12)16/h1-6,16H. The predicted molar refractivity (Wildman–Crippen MR) is 61.2 cm³/mol. The zero-order valence-corrected chi connectivity index (χ0v) is 9.63. The van der Waals surface area contributed by atoms with Crippen molar-refractivity contribution < 1.29 is 13.9 Å². The molecular formula is C12H7BrF2O. The number of rotatable bonds is 1. The summed E-state index contributed by atoms with van der Waals surface area (Å²) in [5.41, 5.74) is -0.0914. The van der Waals surface area contributed by atoms with Crippen LogP contribution >= 0.6 is 15.9 Å². The van der Waals surface area contributed by atoms with Gasteiger partial charge in [-0.1, -0.05) is 22.0 Å². The minimum atomic E-state index is -0.656. The van der Waals surface area contributed by atoms with E-state index in [2.05, 4.69) is 15.9 Å². The summed E-state index contributed by atoms with van der Waals surface area (Å²) in [6.07, 6.45) is 0. The number of aromatic hydroxyl groups is 1. The third-order valence-corrected chi connectivity index (χ3v) is 2.68. The number of hydrogen-bond donors (Lipinski definition) is 1. The van der Waals surface area contributed by atoms with Crippen molar-refractivity contribution in [3.63, 3.8) is 0 Å². The summed E-state index contributed by atoms with van der Waals surface area (Å²) in [6, 6.07) is 8.01. The van der Waals surface area contributed by atoms with Crippen molar-refractivity contribution in [1.29, 1.82) is 0 Å². The van der Waals surface area contributed by atoms with Crippen LogP contribution < -0.4 is 0 Å². The van der Waals surface area contributed by atoms with Gasteiger partial charge in [0, 0.05) is 10.0 Å². The Morgan fingerprint density at radius 2 is 1.75 bits per heavy atom. The maximum Gasteiger partial charge on any atom is 0.134 e.